The Morgan fingerprint density at radius 2 is 1.95 bits per heavy atom. The molecule has 1 N–H and O–H groups in total. The Kier molecular flexibility index (Phi) is 4.01. The molecular weight excluding hydrogens is 298 g/mol. The number of carboxylic acid groups (broad SMARTS) is 1. The van der Waals surface area contributed by atoms with E-state index in [1.807, 2.05) is 0 Å². The monoisotopic (exact) mass is 309 g/mol. The number of benzene rings is 1. The fraction of sp³-hybridized carbons (Fsp3) is 0.0769. The van der Waals surface area contributed by atoms with Crippen molar-refractivity contribution in [2.24, 2.45) is 0 Å². The maximum Gasteiger partial charge on any atom is 0.336 e. The van der Waals surface area contributed by atoms with Crippen LogP contribution in [0.1, 0.15) is 10.6 Å². The van der Waals surface area contributed by atoms with Crippen molar-refractivity contribution in [2.75, 3.05) is 6.26 Å². The van der Waals surface area contributed by atoms with Gasteiger partial charge in [0.15, 0.2) is 9.84 Å². The normalized spacial score (nSPS) is 12.3. The number of hydrogen-bond donors (Lipinski definition) is 1. The molecule has 2 rings (SSSR count). The van der Waals surface area contributed by atoms with E-state index in [0.717, 1.165) is 6.26 Å². The van der Waals surface area contributed by atoms with Crippen molar-refractivity contribution in [1.29, 1.82) is 0 Å². The molecule has 20 heavy (non-hydrogen) atoms. The summed E-state index contributed by atoms with van der Waals surface area (Å²) in [6.07, 6.45) is 4.15. The van der Waals surface area contributed by atoms with Crippen molar-refractivity contribution in [1.82, 2.24) is 4.98 Å². The molecule has 0 saturated heterocycles. The van der Waals surface area contributed by atoms with Gasteiger partial charge >= 0.3 is 5.97 Å². The van der Waals surface area contributed by atoms with Crippen molar-refractivity contribution in [3.8, 4) is 0 Å². The fourth-order valence-corrected chi connectivity index (χ4v) is 2.78. The molecule has 0 aliphatic rings. The molecular formula is C13H11NO4S2. The predicted molar refractivity (Wildman–Crippen MR) is 77.2 cm³/mol. The van der Waals surface area contributed by atoms with E-state index in [2.05, 4.69) is 4.98 Å². The summed E-state index contributed by atoms with van der Waals surface area (Å²) >= 11 is 1.32. The maximum absolute atomic E-state index is 11.4. The van der Waals surface area contributed by atoms with Crippen LogP contribution in [0, 0.1) is 0 Å². The van der Waals surface area contributed by atoms with E-state index in [9.17, 15) is 18.3 Å². The van der Waals surface area contributed by atoms with Crippen LogP contribution in [-0.2, 0) is 14.6 Å². The number of aliphatic carboxylic acids is 1. The van der Waals surface area contributed by atoms with E-state index in [1.54, 1.807) is 11.6 Å². The van der Waals surface area contributed by atoms with Gasteiger partial charge in [-0.2, -0.15) is 0 Å². The molecule has 104 valence electrons. The standard InChI is InChI=1S/C13H11NO4S2/c1-20(17,18)10-4-2-9(3-5-10)11(13(15)16)8-12-14-6-7-19-12/h2-8H,1H3,(H,15,16)/b11-8+. The topological polar surface area (TPSA) is 84.3 Å². The highest BCUT2D eigenvalue weighted by Crippen LogP contribution is 2.21. The van der Waals surface area contributed by atoms with Gasteiger partial charge in [0.25, 0.3) is 0 Å². The van der Waals surface area contributed by atoms with Gasteiger partial charge in [-0.3, -0.25) is 0 Å². The van der Waals surface area contributed by atoms with E-state index in [1.165, 1.54) is 41.7 Å². The Morgan fingerprint density at radius 1 is 1.30 bits per heavy atom. The molecule has 0 unspecified atom stereocenters. The van der Waals surface area contributed by atoms with E-state index in [-0.39, 0.29) is 10.5 Å². The Balaban J connectivity index is 2.44. The number of hydrogen-bond acceptors (Lipinski definition) is 5. The fourth-order valence-electron chi connectivity index (χ4n) is 1.58. The number of aromatic nitrogens is 1. The van der Waals surface area contributed by atoms with Crippen LogP contribution in [0.4, 0.5) is 0 Å². The van der Waals surface area contributed by atoms with Crippen molar-refractivity contribution in [3.63, 3.8) is 0 Å². The molecule has 0 atom stereocenters. The van der Waals surface area contributed by atoms with Crippen molar-refractivity contribution < 1.29 is 18.3 Å². The molecule has 7 heteroatoms. The number of rotatable bonds is 4. The van der Waals surface area contributed by atoms with Gasteiger partial charge in [-0.25, -0.2) is 18.2 Å². The molecule has 1 aromatic carbocycles. The van der Waals surface area contributed by atoms with E-state index < -0.39 is 15.8 Å². The maximum atomic E-state index is 11.4. The number of thiazole rings is 1. The molecule has 0 radical (unpaired) electrons. The van der Waals surface area contributed by atoms with Gasteiger partial charge in [-0.05, 0) is 23.8 Å². The second-order valence-electron chi connectivity index (χ2n) is 4.03. The van der Waals surface area contributed by atoms with Crippen LogP contribution in [0.25, 0.3) is 11.6 Å². The van der Waals surface area contributed by atoms with Gasteiger partial charge in [0.05, 0.1) is 10.5 Å². The molecule has 0 bridgehead atoms. The molecule has 5 nitrogen and oxygen atoms in total. The Hall–Kier alpha value is -1.99. The summed E-state index contributed by atoms with van der Waals surface area (Å²) in [5.41, 5.74) is 0.500. The summed E-state index contributed by atoms with van der Waals surface area (Å²) < 4.78 is 22.7. The highest BCUT2D eigenvalue weighted by molar-refractivity contribution is 7.90. The zero-order valence-corrected chi connectivity index (χ0v) is 12.1. The number of sulfone groups is 1. The second kappa shape index (κ2) is 5.56. The van der Waals surface area contributed by atoms with Crippen LogP contribution < -0.4 is 0 Å². The first-order valence-corrected chi connectivity index (χ1v) is 8.30. The van der Waals surface area contributed by atoms with Gasteiger partial charge in [-0.15, -0.1) is 11.3 Å². The third-order valence-corrected chi connectivity index (χ3v) is 4.39. The SMILES string of the molecule is CS(=O)(=O)c1ccc(/C(=C\c2nccs2)C(=O)O)cc1. The number of carboxylic acids is 1. The Morgan fingerprint density at radius 3 is 2.40 bits per heavy atom. The van der Waals surface area contributed by atoms with E-state index in [0.29, 0.717) is 10.6 Å². The van der Waals surface area contributed by atoms with Crippen LogP contribution in [-0.4, -0.2) is 30.7 Å². The van der Waals surface area contributed by atoms with Crippen molar-refractivity contribution in [3.05, 3.63) is 46.4 Å². The zero-order valence-electron chi connectivity index (χ0n) is 10.5. The lowest BCUT2D eigenvalue weighted by molar-refractivity contribution is -0.130. The molecule has 0 aliphatic heterocycles. The summed E-state index contributed by atoms with van der Waals surface area (Å²) in [5.74, 6) is -1.09. The third kappa shape index (κ3) is 3.31. The molecule has 0 spiro atoms. The summed E-state index contributed by atoms with van der Waals surface area (Å²) in [4.78, 5) is 15.5. The first kappa shape index (κ1) is 14.4. The van der Waals surface area contributed by atoms with Crippen LogP contribution >= 0.6 is 11.3 Å². The quantitative estimate of drug-likeness (QED) is 0.875. The second-order valence-corrected chi connectivity index (χ2v) is 6.97. The van der Waals surface area contributed by atoms with Crippen molar-refractivity contribution >= 4 is 38.8 Å². The smallest absolute Gasteiger partial charge is 0.336 e. The summed E-state index contributed by atoms with van der Waals surface area (Å²) in [7, 11) is -3.29. The van der Waals surface area contributed by atoms with Crippen LogP contribution in [0.3, 0.4) is 0 Å². The molecule has 0 fully saturated rings. The minimum atomic E-state index is -3.29. The largest absolute Gasteiger partial charge is 0.478 e. The van der Waals surface area contributed by atoms with Crippen molar-refractivity contribution in [2.45, 2.75) is 4.90 Å². The molecule has 0 saturated carbocycles. The Bertz CT molecular complexity index is 744. The predicted octanol–water partition coefficient (Wildman–Crippen LogP) is 2.17. The molecule has 0 amide bonds. The molecule has 1 heterocycles. The summed E-state index contributed by atoms with van der Waals surface area (Å²) in [6.45, 7) is 0. The van der Waals surface area contributed by atoms with Gasteiger partial charge in [0.2, 0.25) is 0 Å². The van der Waals surface area contributed by atoms with Gasteiger partial charge in [0, 0.05) is 17.8 Å². The van der Waals surface area contributed by atoms with Gasteiger partial charge < -0.3 is 5.11 Å². The van der Waals surface area contributed by atoms with Crippen LogP contribution in [0.15, 0.2) is 40.7 Å². The third-order valence-electron chi connectivity index (χ3n) is 2.54. The minimum Gasteiger partial charge on any atom is -0.478 e. The van der Waals surface area contributed by atoms with Gasteiger partial charge in [0.1, 0.15) is 5.01 Å². The Labute approximate surface area is 120 Å². The van der Waals surface area contributed by atoms with Gasteiger partial charge in [-0.1, -0.05) is 12.1 Å². The lowest BCUT2D eigenvalue weighted by atomic mass is 10.1. The lowest BCUT2D eigenvalue weighted by Gasteiger charge is -2.04. The molecule has 2 aromatic rings. The average molecular weight is 309 g/mol. The summed E-state index contributed by atoms with van der Waals surface area (Å²) in [6, 6.07) is 5.74. The first-order valence-electron chi connectivity index (χ1n) is 5.53. The minimum absolute atomic E-state index is 0.0694. The number of carbonyl (C=O) groups is 1. The molecule has 1 aromatic heterocycles. The van der Waals surface area contributed by atoms with Crippen LogP contribution in [0.5, 0.6) is 0 Å². The van der Waals surface area contributed by atoms with E-state index in [4.69, 9.17) is 0 Å². The average Bonchev–Trinajstić information content (AvgIpc) is 2.87. The summed E-state index contributed by atoms with van der Waals surface area (Å²) in [5, 5.41) is 11.6. The lowest BCUT2D eigenvalue weighted by Crippen LogP contribution is -2.01. The highest BCUT2D eigenvalue weighted by atomic mass is 32.2. The van der Waals surface area contributed by atoms with Crippen LogP contribution in [0.2, 0.25) is 0 Å². The zero-order chi connectivity index (χ0) is 14.8. The number of nitrogens with zero attached hydrogens (tertiary/aromatic N) is 1. The highest BCUT2D eigenvalue weighted by Gasteiger charge is 2.13. The molecule has 0 aliphatic carbocycles. The van der Waals surface area contributed by atoms with E-state index >= 15 is 0 Å². The first-order chi connectivity index (χ1) is 9.38.